The zero-order valence-corrected chi connectivity index (χ0v) is 14.3. The Morgan fingerprint density at radius 3 is 2.73 bits per heavy atom. The monoisotopic (exact) mass is 320 g/mol. The summed E-state index contributed by atoms with van der Waals surface area (Å²) in [6.45, 7) is 4.69. The molecule has 1 aliphatic carbocycles. The molecule has 3 atom stereocenters. The largest absolute Gasteiger partial charge is 0.504 e. The van der Waals surface area contributed by atoms with E-state index in [2.05, 4.69) is 19.1 Å². The molecule has 0 amide bonds. The first kappa shape index (κ1) is 17.1. The van der Waals surface area contributed by atoms with Crippen LogP contribution in [0.3, 0.4) is 0 Å². The summed E-state index contributed by atoms with van der Waals surface area (Å²) in [6.07, 6.45) is 2.92. The molecular weight excluding hydrogens is 296 g/mol. The lowest BCUT2D eigenvalue weighted by Gasteiger charge is -2.28. The van der Waals surface area contributed by atoms with Gasteiger partial charge in [0.2, 0.25) is 0 Å². The summed E-state index contributed by atoms with van der Waals surface area (Å²) in [5.41, 5.74) is 1.14. The van der Waals surface area contributed by atoms with Crippen LogP contribution in [0.25, 0.3) is 0 Å². The first-order chi connectivity index (χ1) is 10.7. The standard InChI is InChI=1S/C18H24O3S/c1-4-21-17-11-14(19)10-16(17)18(13(2)12-20-3)22-15-8-6-5-7-9-15/h5-9,12,16-18H,4,10-11H2,1-3H3. The van der Waals surface area contributed by atoms with Crippen LogP contribution in [0.4, 0.5) is 0 Å². The van der Waals surface area contributed by atoms with Gasteiger partial charge < -0.3 is 9.47 Å². The SMILES string of the molecule is CCOC1CC(=O)CC1C(Sc1ccccc1)C(C)=COC. The van der Waals surface area contributed by atoms with E-state index in [9.17, 15) is 4.79 Å². The lowest BCUT2D eigenvalue weighted by Crippen LogP contribution is -2.28. The molecule has 2 rings (SSSR count). The van der Waals surface area contributed by atoms with Crippen LogP contribution in [0, 0.1) is 5.92 Å². The summed E-state index contributed by atoms with van der Waals surface area (Å²) >= 11 is 1.79. The average Bonchev–Trinajstić information content (AvgIpc) is 2.87. The van der Waals surface area contributed by atoms with Gasteiger partial charge in [0, 0.05) is 35.5 Å². The number of ketones is 1. The molecule has 0 bridgehead atoms. The smallest absolute Gasteiger partial charge is 0.135 e. The number of hydrogen-bond acceptors (Lipinski definition) is 4. The molecule has 0 aromatic heterocycles. The van der Waals surface area contributed by atoms with E-state index in [1.54, 1.807) is 25.1 Å². The van der Waals surface area contributed by atoms with Crippen molar-refractivity contribution in [3.8, 4) is 0 Å². The van der Waals surface area contributed by atoms with Crippen LogP contribution >= 0.6 is 11.8 Å². The van der Waals surface area contributed by atoms with Gasteiger partial charge in [0.25, 0.3) is 0 Å². The highest BCUT2D eigenvalue weighted by Gasteiger charge is 2.40. The van der Waals surface area contributed by atoms with Gasteiger partial charge in [-0.05, 0) is 31.6 Å². The van der Waals surface area contributed by atoms with Gasteiger partial charge in [-0.25, -0.2) is 0 Å². The lowest BCUT2D eigenvalue weighted by atomic mass is 9.96. The Morgan fingerprint density at radius 2 is 2.09 bits per heavy atom. The molecule has 1 saturated carbocycles. The van der Waals surface area contributed by atoms with Crippen molar-refractivity contribution in [2.24, 2.45) is 5.92 Å². The summed E-state index contributed by atoms with van der Waals surface area (Å²) < 4.78 is 11.0. The molecule has 0 N–H and O–H groups in total. The molecule has 0 aliphatic heterocycles. The van der Waals surface area contributed by atoms with E-state index in [1.165, 1.54) is 4.90 Å². The second-order valence-electron chi connectivity index (χ2n) is 5.55. The summed E-state index contributed by atoms with van der Waals surface area (Å²) in [5.74, 6) is 0.497. The molecule has 1 aromatic carbocycles. The van der Waals surface area contributed by atoms with Gasteiger partial charge in [0.05, 0.1) is 19.5 Å². The molecule has 1 aliphatic rings. The van der Waals surface area contributed by atoms with E-state index in [0.717, 1.165) is 5.57 Å². The van der Waals surface area contributed by atoms with Gasteiger partial charge in [-0.1, -0.05) is 18.2 Å². The fourth-order valence-electron chi connectivity index (χ4n) is 2.97. The molecule has 120 valence electrons. The Kier molecular flexibility index (Phi) is 6.52. The molecule has 1 fully saturated rings. The number of rotatable bonds is 7. The normalized spacial score (nSPS) is 23.6. The Bertz CT molecular complexity index is 512. The second kappa shape index (κ2) is 8.39. The third kappa shape index (κ3) is 4.37. The third-order valence-electron chi connectivity index (χ3n) is 3.90. The minimum absolute atomic E-state index is 0.0129. The quantitative estimate of drug-likeness (QED) is 0.560. The molecule has 0 spiro atoms. The van der Waals surface area contributed by atoms with Crippen molar-refractivity contribution < 1.29 is 14.3 Å². The Hall–Kier alpha value is -1.26. The van der Waals surface area contributed by atoms with Gasteiger partial charge >= 0.3 is 0 Å². The highest BCUT2D eigenvalue weighted by atomic mass is 32.2. The molecule has 22 heavy (non-hydrogen) atoms. The fourth-order valence-corrected chi connectivity index (χ4v) is 4.26. The third-order valence-corrected chi connectivity index (χ3v) is 5.42. The minimum atomic E-state index is 0.0129. The molecular formula is C18H24O3S. The number of ether oxygens (including phenoxy) is 2. The van der Waals surface area contributed by atoms with Crippen LogP contribution in [0.15, 0.2) is 47.1 Å². The Morgan fingerprint density at radius 1 is 1.36 bits per heavy atom. The maximum atomic E-state index is 11.9. The van der Waals surface area contributed by atoms with Crippen molar-refractivity contribution in [1.82, 2.24) is 0 Å². The lowest BCUT2D eigenvalue weighted by molar-refractivity contribution is -0.118. The summed E-state index contributed by atoms with van der Waals surface area (Å²) in [7, 11) is 1.66. The first-order valence-electron chi connectivity index (χ1n) is 7.70. The predicted octanol–water partition coefficient (Wildman–Crippen LogP) is 4.08. The van der Waals surface area contributed by atoms with Crippen LogP contribution in [0.2, 0.25) is 0 Å². The van der Waals surface area contributed by atoms with Crippen molar-refractivity contribution >= 4 is 17.5 Å². The zero-order chi connectivity index (χ0) is 15.9. The molecule has 3 unspecified atom stereocenters. The number of thioether (sulfide) groups is 1. The fraction of sp³-hybridized carbons (Fsp3) is 0.500. The molecule has 3 nitrogen and oxygen atoms in total. The van der Waals surface area contributed by atoms with Crippen LogP contribution in [0.5, 0.6) is 0 Å². The number of methoxy groups -OCH3 is 1. The number of Topliss-reactive ketones (excluding diaryl/α,β-unsaturated/α-hetero) is 1. The Labute approximate surface area is 137 Å². The van der Waals surface area contributed by atoms with Crippen LogP contribution < -0.4 is 0 Å². The van der Waals surface area contributed by atoms with Gasteiger partial charge in [0.15, 0.2) is 0 Å². The highest BCUT2D eigenvalue weighted by Crippen LogP contribution is 2.41. The van der Waals surface area contributed by atoms with Crippen LogP contribution in [-0.2, 0) is 14.3 Å². The number of carbonyl (C=O) groups excluding carboxylic acids is 1. The van der Waals surface area contributed by atoms with Crippen molar-refractivity contribution in [2.45, 2.75) is 42.9 Å². The number of benzene rings is 1. The average molecular weight is 320 g/mol. The van der Waals surface area contributed by atoms with Crippen molar-refractivity contribution in [1.29, 1.82) is 0 Å². The molecule has 0 saturated heterocycles. The first-order valence-corrected chi connectivity index (χ1v) is 8.58. The second-order valence-corrected chi connectivity index (χ2v) is 6.77. The van der Waals surface area contributed by atoms with Crippen LogP contribution in [-0.4, -0.2) is 30.9 Å². The molecule has 1 aromatic rings. The summed E-state index contributed by atoms with van der Waals surface area (Å²) in [5, 5.41) is 0.186. The number of carbonyl (C=O) groups is 1. The van der Waals surface area contributed by atoms with E-state index in [1.807, 2.05) is 25.1 Å². The van der Waals surface area contributed by atoms with Crippen molar-refractivity contribution in [2.75, 3.05) is 13.7 Å². The maximum absolute atomic E-state index is 11.9. The molecule has 0 radical (unpaired) electrons. The summed E-state index contributed by atoms with van der Waals surface area (Å²) in [6, 6.07) is 10.3. The van der Waals surface area contributed by atoms with E-state index >= 15 is 0 Å². The maximum Gasteiger partial charge on any atom is 0.135 e. The van der Waals surface area contributed by atoms with Crippen molar-refractivity contribution in [3.05, 3.63) is 42.2 Å². The van der Waals surface area contributed by atoms with E-state index in [0.29, 0.717) is 25.2 Å². The van der Waals surface area contributed by atoms with Gasteiger partial charge in [-0.3, -0.25) is 4.79 Å². The Balaban J connectivity index is 2.23. The number of hydrogen-bond donors (Lipinski definition) is 0. The summed E-state index contributed by atoms with van der Waals surface area (Å²) in [4.78, 5) is 13.1. The predicted molar refractivity (Wildman–Crippen MR) is 90.0 cm³/mol. The topological polar surface area (TPSA) is 35.5 Å². The zero-order valence-electron chi connectivity index (χ0n) is 13.5. The van der Waals surface area contributed by atoms with Gasteiger partial charge in [-0.2, -0.15) is 0 Å². The van der Waals surface area contributed by atoms with Gasteiger partial charge in [0.1, 0.15) is 5.78 Å². The van der Waals surface area contributed by atoms with Crippen LogP contribution in [0.1, 0.15) is 26.7 Å². The van der Waals surface area contributed by atoms with E-state index < -0.39 is 0 Å². The van der Waals surface area contributed by atoms with Crippen molar-refractivity contribution in [3.63, 3.8) is 0 Å². The van der Waals surface area contributed by atoms with Gasteiger partial charge in [-0.15, -0.1) is 11.8 Å². The minimum Gasteiger partial charge on any atom is -0.504 e. The molecule has 0 heterocycles. The molecule has 4 heteroatoms. The van der Waals surface area contributed by atoms with E-state index in [-0.39, 0.29) is 17.3 Å². The van der Waals surface area contributed by atoms with E-state index in [4.69, 9.17) is 9.47 Å². The highest BCUT2D eigenvalue weighted by molar-refractivity contribution is 8.00.